The smallest absolute Gasteiger partial charge is 0.251 e. The third kappa shape index (κ3) is 5.33. The van der Waals surface area contributed by atoms with E-state index in [1.54, 1.807) is 12.0 Å². The highest BCUT2D eigenvalue weighted by molar-refractivity contribution is 5.99. The second kappa shape index (κ2) is 11.6. The number of nitrogens with one attached hydrogen (secondary N) is 1. The maximum Gasteiger partial charge on any atom is 0.251 e. The number of Topliss-reactive ketones (excluding diaryl/α,β-unsaturated/α-hetero) is 1. The van der Waals surface area contributed by atoms with Crippen molar-refractivity contribution >= 4 is 23.3 Å². The minimum Gasteiger partial charge on any atom is -0.377 e. The SMILES string of the molecule is CO[C@@H]1CN(C(=O)[C@@H](NC(=O)c2ccc(N3CCN(C4CCC4)CC3)cc2)C2CCCCC2)[C@@H]2C(=O)CO[C@@H]21. The number of carbonyl (C=O) groups excluding carboxylic acids is 3. The molecule has 5 fully saturated rings. The summed E-state index contributed by atoms with van der Waals surface area (Å²) >= 11 is 0. The zero-order chi connectivity index (χ0) is 26.9. The van der Waals surface area contributed by atoms with Crippen molar-refractivity contribution in [1.29, 1.82) is 0 Å². The maximum absolute atomic E-state index is 14.0. The molecule has 0 radical (unpaired) electrons. The fourth-order valence-electron chi connectivity index (χ4n) is 7.22. The number of ketones is 1. The molecule has 2 amide bonds. The predicted octanol–water partition coefficient (Wildman–Crippen LogP) is 2.23. The van der Waals surface area contributed by atoms with Gasteiger partial charge in [0.1, 0.15) is 30.9 Å². The zero-order valence-electron chi connectivity index (χ0n) is 23.1. The number of piperazine rings is 1. The van der Waals surface area contributed by atoms with Gasteiger partial charge < -0.3 is 24.6 Å². The Morgan fingerprint density at radius 3 is 2.33 bits per heavy atom. The standard InChI is InChI=1S/C30H42N4O5/c1-38-25-18-34(27-24(35)19-39-28(25)27)30(37)26(20-6-3-2-4-7-20)31-29(36)21-10-12-23(13-11-21)33-16-14-32(15-17-33)22-8-5-9-22/h10-13,20,22,25-28H,2-9,14-19H2,1H3,(H,31,36)/t25-,26+,27-,28-/m1/s1. The first-order chi connectivity index (χ1) is 19.0. The molecule has 1 aromatic rings. The number of ether oxygens (including phenoxy) is 2. The lowest BCUT2D eigenvalue weighted by molar-refractivity contribution is -0.139. The average molecular weight is 539 g/mol. The van der Waals surface area contributed by atoms with Crippen molar-refractivity contribution in [3.05, 3.63) is 29.8 Å². The number of anilines is 1. The van der Waals surface area contributed by atoms with Crippen LogP contribution in [-0.2, 0) is 19.1 Å². The van der Waals surface area contributed by atoms with Crippen LogP contribution in [0.5, 0.6) is 0 Å². The number of hydrogen-bond donors (Lipinski definition) is 1. The van der Waals surface area contributed by atoms with E-state index in [2.05, 4.69) is 15.1 Å². The fraction of sp³-hybridized carbons (Fsp3) is 0.700. The first-order valence-corrected chi connectivity index (χ1v) is 14.9. The van der Waals surface area contributed by atoms with Crippen molar-refractivity contribution in [2.75, 3.05) is 51.3 Å². The van der Waals surface area contributed by atoms with Gasteiger partial charge in [0.05, 0.1) is 6.54 Å². The van der Waals surface area contributed by atoms with E-state index in [4.69, 9.17) is 9.47 Å². The van der Waals surface area contributed by atoms with Crippen LogP contribution < -0.4 is 10.2 Å². The summed E-state index contributed by atoms with van der Waals surface area (Å²) in [7, 11) is 1.58. The van der Waals surface area contributed by atoms with Gasteiger partial charge in [-0.2, -0.15) is 0 Å². The molecule has 3 heterocycles. The molecule has 1 aromatic carbocycles. The summed E-state index contributed by atoms with van der Waals surface area (Å²) in [6.45, 7) is 4.49. The van der Waals surface area contributed by atoms with Crippen LogP contribution in [0, 0.1) is 5.92 Å². The van der Waals surface area contributed by atoms with Gasteiger partial charge in [0.15, 0.2) is 5.78 Å². The van der Waals surface area contributed by atoms with Crippen LogP contribution in [0.2, 0.25) is 0 Å². The van der Waals surface area contributed by atoms with Crippen molar-refractivity contribution < 1.29 is 23.9 Å². The molecule has 0 spiro atoms. The lowest BCUT2D eigenvalue weighted by atomic mass is 9.83. The summed E-state index contributed by atoms with van der Waals surface area (Å²) in [6, 6.07) is 7.27. The Labute approximate surface area is 231 Å². The van der Waals surface area contributed by atoms with Crippen molar-refractivity contribution in [3.8, 4) is 0 Å². The van der Waals surface area contributed by atoms with E-state index in [9.17, 15) is 14.4 Å². The number of amides is 2. The third-order valence-electron chi connectivity index (χ3n) is 9.80. The van der Waals surface area contributed by atoms with Crippen LogP contribution in [0.4, 0.5) is 5.69 Å². The summed E-state index contributed by atoms with van der Waals surface area (Å²) in [4.78, 5) is 46.7. The molecule has 4 atom stereocenters. The van der Waals surface area contributed by atoms with Crippen molar-refractivity contribution in [1.82, 2.24) is 15.1 Å². The lowest BCUT2D eigenvalue weighted by Crippen LogP contribution is -2.55. The molecule has 5 aliphatic rings. The second-order valence-electron chi connectivity index (χ2n) is 12.0. The number of carbonyl (C=O) groups is 3. The molecule has 0 unspecified atom stereocenters. The maximum atomic E-state index is 14.0. The minimum atomic E-state index is -0.665. The number of methoxy groups -OCH3 is 1. The first kappa shape index (κ1) is 26.7. The number of nitrogens with zero attached hydrogens (tertiary/aromatic N) is 3. The first-order valence-electron chi connectivity index (χ1n) is 14.9. The average Bonchev–Trinajstić information content (AvgIpc) is 3.51. The number of hydrogen-bond acceptors (Lipinski definition) is 7. The Balaban J connectivity index is 1.13. The van der Waals surface area contributed by atoms with Crippen LogP contribution in [0.25, 0.3) is 0 Å². The van der Waals surface area contributed by atoms with E-state index in [-0.39, 0.29) is 36.2 Å². The third-order valence-corrected chi connectivity index (χ3v) is 9.80. The van der Waals surface area contributed by atoms with E-state index >= 15 is 0 Å². The monoisotopic (exact) mass is 538 g/mol. The molecule has 3 aliphatic heterocycles. The van der Waals surface area contributed by atoms with E-state index in [1.165, 1.54) is 19.3 Å². The Hall–Kier alpha value is -2.49. The Morgan fingerprint density at radius 2 is 1.69 bits per heavy atom. The van der Waals surface area contributed by atoms with Crippen molar-refractivity contribution in [3.63, 3.8) is 0 Å². The molecule has 6 rings (SSSR count). The van der Waals surface area contributed by atoms with Gasteiger partial charge in [-0.3, -0.25) is 19.3 Å². The molecule has 212 valence electrons. The van der Waals surface area contributed by atoms with Crippen LogP contribution in [0.1, 0.15) is 61.7 Å². The highest BCUT2D eigenvalue weighted by atomic mass is 16.5. The van der Waals surface area contributed by atoms with Gasteiger partial charge in [-0.15, -0.1) is 0 Å². The second-order valence-corrected chi connectivity index (χ2v) is 12.0. The van der Waals surface area contributed by atoms with Gasteiger partial charge in [0.2, 0.25) is 5.91 Å². The van der Waals surface area contributed by atoms with Gasteiger partial charge in [-0.1, -0.05) is 25.7 Å². The Kier molecular flexibility index (Phi) is 7.91. The zero-order valence-corrected chi connectivity index (χ0v) is 23.1. The molecular formula is C30H42N4O5. The number of benzene rings is 1. The quantitative estimate of drug-likeness (QED) is 0.569. The van der Waals surface area contributed by atoms with Crippen LogP contribution >= 0.6 is 0 Å². The number of fused-ring (bicyclic) bond motifs is 1. The normalized spacial score (nSPS) is 29.3. The van der Waals surface area contributed by atoms with Gasteiger partial charge in [-0.05, 0) is 55.9 Å². The summed E-state index contributed by atoms with van der Waals surface area (Å²) in [5, 5.41) is 3.09. The van der Waals surface area contributed by atoms with Crippen molar-refractivity contribution in [2.24, 2.45) is 5.92 Å². The lowest BCUT2D eigenvalue weighted by Gasteiger charge is -2.43. The summed E-state index contributed by atoms with van der Waals surface area (Å²) < 4.78 is 11.2. The van der Waals surface area contributed by atoms with Crippen LogP contribution in [0.15, 0.2) is 24.3 Å². The minimum absolute atomic E-state index is 0.00140. The molecule has 3 saturated heterocycles. The largest absolute Gasteiger partial charge is 0.377 e. The van der Waals surface area contributed by atoms with E-state index < -0.39 is 18.2 Å². The van der Waals surface area contributed by atoms with Crippen molar-refractivity contribution in [2.45, 2.75) is 81.7 Å². The molecule has 0 aromatic heterocycles. The van der Waals surface area contributed by atoms with Gasteiger partial charge >= 0.3 is 0 Å². The molecular weight excluding hydrogens is 496 g/mol. The molecule has 39 heavy (non-hydrogen) atoms. The highest BCUT2D eigenvalue weighted by Gasteiger charge is 2.54. The summed E-state index contributed by atoms with van der Waals surface area (Å²) in [6.07, 6.45) is 8.28. The molecule has 2 aliphatic carbocycles. The van der Waals surface area contributed by atoms with Crippen LogP contribution in [-0.4, -0.2) is 104 Å². The summed E-state index contributed by atoms with van der Waals surface area (Å²) in [5.41, 5.74) is 1.68. The predicted molar refractivity (Wildman–Crippen MR) is 147 cm³/mol. The fourth-order valence-corrected chi connectivity index (χ4v) is 7.22. The molecule has 9 nitrogen and oxygen atoms in total. The molecule has 2 saturated carbocycles. The Morgan fingerprint density at radius 1 is 0.974 bits per heavy atom. The van der Waals surface area contributed by atoms with Gasteiger partial charge in [0, 0.05) is 50.6 Å². The molecule has 0 bridgehead atoms. The van der Waals surface area contributed by atoms with Gasteiger partial charge in [-0.25, -0.2) is 0 Å². The molecule has 1 N–H and O–H groups in total. The van der Waals surface area contributed by atoms with E-state index in [0.29, 0.717) is 12.1 Å². The number of rotatable bonds is 7. The summed E-state index contributed by atoms with van der Waals surface area (Å²) in [5.74, 6) is -0.470. The number of likely N-dealkylation sites (tertiary alicyclic amines) is 1. The topological polar surface area (TPSA) is 91.4 Å². The highest BCUT2D eigenvalue weighted by Crippen LogP contribution is 2.33. The Bertz CT molecular complexity index is 1050. The van der Waals surface area contributed by atoms with Crippen LogP contribution in [0.3, 0.4) is 0 Å². The van der Waals surface area contributed by atoms with E-state index in [1.807, 2.05) is 24.3 Å². The molecule has 9 heteroatoms. The van der Waals surface area contributed by atoms with Gasteiger partial charge in [0.25, 0.3) is 5.91 Å². The van der Waals surface area contributed by atoms with E-state index in [0.717, 1.165) is 70.0 Å².